The monoisotopic (exact) mass is 317 g/mol. The molecular weight excluding hydrogens is 294 g/mol. The number of aromatic nitrogens is 1. The Kier molecular flexibility index (Phi) is 5.55. The van der Waals surface area contributed by atoms with Gasteiger partial charge in [-0.25, -0.2) is 9.98 Å². The highest BCUT2D eigenvalue weighted by Crippen LogP contribution is 2.40. The third-order valence-corrected chi connectivity index (χ3v) is 4.30. The first-order chi connectivity index (χ1) is 10.7. The van der Waals surface area contributed by atoms with Crippen LogP contribution in [0.25, 0.3) is 11.3 Å². The largest absolute Gasteiger partial charge is 0.497 e. The zero-order chi connectivity index (χ0) is 16.1. The molecule has 0 amide bonds. The molecule has 0 radical (unpaired) electrons. The average Bonchev–Trinajstić information content (AvgIpc) is 2.98. The number of methoxy groups -OCH3 is 1. The molecule has 0 N–H and O–H groups in total. The van der Waals surface area contributed by atoms with Gasteiger partial charge in [-0.15, -0.1) is 0 Å². The second kappa shape index (κ2) is 7.40. The van der Waals surface area contributed by atoms with E-state index >= 15 is 0 Å². The van der Waals surface area contributed by atoms with Crippen molar-refractivity contribution in [3.8, 4) is 17.0 Å². The van der Waals surface area contributed by atoms with Crippen molar-refractivity contribution in [1.29, 1.82) is 0 Å². The van der Waals surface area contributed by atoms with Gasteiger partial charge in [0.05, 0.1) is 19.1 Å². The highest BCUT2D eigenvalue weighted by Gasteiger charge is 2.21. The molecule has 0 fully saturated rings. The van der Waals surface area contributed by atoms with Gasteiger partial charge in [-0.05, 0) is 30.5 Å². The third-order valence-electron chi connectivity index (χ3n) is 3.28. The summed E-state index contributed by atoms with van der Waals surface area (Å²) in [5.74, 6) is 0.878. The van der Waals surface area contributed by atoms with Crippen LogP contribution in [-0.4, -0.2) is 37.4 Å². The summed E-state index contributed by atoms with van der Waals surface area (Å²) in [6.07, 6.45) is 3.89. The van der Waals surface area contributed by atoms with Crippen molar-refractivity contribution in [2.75, 3.05) is 21.2 Å². The van der Waals surface area contributed by atoms with Gasteiger partial charge in [0.25, 0.3) is 0 Å². The van der Waals surface area contributed by atoms with Crippen molar-refractivity contribution in [3.63, 3.8) is 0 Å². The van der Waals surface area contributed by atoms with E-state index in [0.29, 0.717) is 0 Å². The molecular formula is C17H23N3OS. The molecule has 0 saturated heterocycles. The molecule has 0 saturated carbocycles. The number of fused-ring (bicyclic) bond motifs is 3. The summed E-state index contributed by atoms with van der Waals surface area (Å²) < 4.78 is 5.32. The number of thiazole rings is 1. The number of aryl methyl sites for hydroxylation is 2. The molecule has 118 valence electrons. The van der Waals surface area contributed by atoms with Crippen LogP contribution in [0.5, 0.6) is 5.75 Å². The molecule has 5 heteroatoms. The summed E-state index contributed by atoms with van der Waals surface area (Å²) in [7, 11) is 5.60. The fourth-order valence-corrected chi connectivity index (χ4v) is 3.22. The summed E-state index contributed by atoms with van der Waals surface area (Å²) in [4.78, 5) is 12.3. The molecule has 2 aromatic rings. The summed E-state index contributed by atoms with van der Waals surface area (Å²) >= 11 is 1.68. The van der Waals surface area contributed by atoms with Crippen LogP contribution in [0, 0.1) is 0 Å². The molecule has 1 aliphatic carbocycles. The predicted octanol–water partition coefficient (Wildman–Crippen LogP) is 4.16. The lowest BCUT2D eigenvalue weighted by molar-refractivity contribution is 0.415. The lowest BCUT2D eigenvalue weighted by Gasteiger charge is -2.15. The Morgan fingerprint density at radius 2 is 2.05 bits per heavy atom. The minimum atomic E-state index is 0.819. The van der Waals surface area contributed by atoms with Crippen LogP contribution in [0.2, 0.25) is 0 Å². The predicted molar refractivity (Wildman–Crippen MR) is 94.7 cm³/mol. The van der Waals surface area contributed by atoms with Crippen molar-refractivity contribution in [2.24, 2.45) is 4.99 Å². The fourth-order valence-electron chi connectivity index (χ4n) is 2.31. The molecule has 0 aliphatic heterocycles. The van der Waals surface area contributed by atoms with Gasteiger partial charge >= 0.3 is 0 Å². The molecule has 4 nitrogen and oxygen atoms in total. The van der Waals surface area contributed by atoms with Crippen LogP contribution in [0.3, 0.4) is 0 Å². The Hall–Kier alpha value is -1.88. The van der Waals surface area contributed by atoms with E-state index in [1.807, 2.05) is 38.9 Å². The van der Waals surface area contributed by atoms with E-state index in [1.54, 1.807) is 24.8 Å². The van der Waals surface area contributed by atoms with E-state index in [0.717, 1.165) is 29.4 Å². The van der Waals surface area contributed by atoms with Crippen LogP contribution < -0.4 is 4.74 Å². The van der Waals surface area contributed by atoms with Gasteiger partial charge in [0.15, 0.2) is 0 Å². The molecule has 3 rings (SSSR count). The molecule has 0 spiro atoms. The Morgan fingerprint density at radius 3 is 2.73 bits per heavy atom. The molecule has 1 aliphatic rings. The van der Waals surface area contributed by atoms with E-state index in [1.165, 1.54) is 16.0 Å². The highest BCUT2D eigenvalue weighted by atomic mass is 32.1. The molecule has 1 aromatic carbocycles. The van der Waals surface area contributed by atoms with Gasteiger partial charge in [-0.1, -0.05) is 31.3 Å². The SMILES string of the molecule is CC.COc1ccc2c(c1)-c1nc(/N=C\N(C)C)sc1CC2. The normalized spacial score (nSPS) is 12.2. The van der Waals surface area contributed by atoms with E-state index in [-0.39, 0.29) is 0 Å². The van der Waals surface area contributed by atoms with E-state index < -0.39 is 0 Å². The molecule has 0 atom stereocenters. The van der Waals surface area contributed by atoms with Crippen molar-refractivity contribution < 1.29 is 4.74 Å². The van der Waals surface area contributed by atoms with Crippen molar-refractivity contribution in [2.45, 2.75) is 26.7 Å². The summed E-state index contributed by atoms with van der Waals surface area (Å²) in [6.45, 7) is 4.00. The van der Waals surface area contributed by atoms with Gasteiger partial charge in [-0.2, -0.15) is 0 Å². The van der Waals surface area contributed by atoms with Crippen LogP contribution >= 0.6 is 11.3 Å². The zero-order valence-corrected chi connectivity index (χ0v) is 14.7. The Balaban J connectivity index is 0.000000847. The summed E-state index contributed by atoms with van der Waals surface area (Å²) in [5.41, 5.74) is 3.60. The van der Waals surface area contributed by atoms with Gasteiger partial charge in [0.2, 0.25) is 5.13 Å². The van der Waals surface area contributed by atoms with Gasteiger partial charge in [0, 0.05) is 24.5 Å². The van der Waals surface area contributed by atoms with Crippen LogP contribution in [-0.2, 0) is 12.8 Å². The van der Waals surface area contributed by atoms with Crippen molar-refractivity contribution in [1.82, 2.24) is 9.88 Å². The number of rotatable bonds is 3. The maximum Gasteiger partial charge on any atom is 0.211 e. The minimum absolute atomic E-state index is 0.819. The number of aliphatic imine (C=N–C) groups is 1. The van der Waals surface area contributed by atoms with E-state index in [9.17, 15) is 0 Å². The summed E-state index contributed by atoms with van der Waals surface area (Å²) in [6, 6.07) is 6.23. The Labute approximate surface area is 136 Å². The smallest absolute Gasteiger partial charge is 0.211 e. The first-order valence-electron chi connectivity index (χ1n) is 7.55. The molecule has 22 heavy (non-hydrogen) atoms. The maximum atomic E-state index is 5.32. The van der Waals surface area contributed by atoms with E-state index in [4.69, 9.17) is 4.74 Å². The Bertz CT molecular complexity index is 662. The van der Waals surface area contributed by atoms with Crippen LogP contribution in [0.4, 0.5) is 5.13 Å². The number of hydrogen-bond acceptors (Lipinski definition) is 4. The summed E-state index contributed by atoms with van der Waals surface area (Å²) in [5, 5.41) is 0.819. The second-order valence-electron chi connectivity index (χ2n) is 5.00. The zero-order valence-electron chi connectivity index (χ0n) is 13.9. The van der Waals surface area contributed by atoms with Gasteiger partial charge < -0.3 is 9.64 Å². The number of nitrogens with zero attached hydrogens (tertiary/aromatic N) is 3. The Morgan fingerprint density at radius 1 is 1.27 bits per heavy atom. The van der Waals surface area contributed by atoms with Crippen molar-refractivity contribution in [3.05, 3.63) is 28.6 Å². The number of benzene rings is 1. The lowest BCUT2D eigenvalue weighted by atomic mass is 9.93. The molecule has 1 heterocycles. The fraction of sp³-hybridized carbons (Fsp3) is 0.412. The van der Waals surface area contributed by atoms with Gasteiger partial charge in [0.1, 0.15) is 5.75 Å². The highest BCUT2D eigenvalue weighted by molar-refractivity contribution is 7.15. The first-order valence-corrected chi connectivity index (χ1v) is 8.36. The minimum Gasteiger partial charge on any atom is -0.497 e. The third kappa shape index (κ3) is 3.47. The number of hydrogen-bond donors (Lipinski definition) is 0. The molecule has 0 unspecified atom stereocenters. The van der Waals surface area contributed by atoms with Crippen LogP contribution in [0.1, 0.15) is 24.3 Å². The van der Waals surface area contributed by atoms with Crippen LogP contribution in [0.15, 0.2) is 23.2 Å². The van der Waals surface area contributed by atoms with E-state index in [2.05, 4.69) is 22.1 Å². The standard InChI is InChI=1S/C15H17N3OS.C2H6/c1-18(2)9-16-15-17-14-12-8-11(19-3)6-4-10(12)5-7-13(14)20-15;1-2/h4,6,8-9H,5,7H2,1-3H3;1-2H3/b16-9-;. The average molecular weight is 317 g/mol. The van der Waals surface area contributed by atoms with Crippen molar-refractivity contribution >= 4 is 22.8 Å². The topological polar surface area (TPSA) is 37.7 Å². The maximum absolute atomic E-state index is 5.32. The molecule has 1 aromatic heterocycles. The first kappa shape index (κ1) is 16.5. The molecule has 0 bridgehead atoms. The van der Waals surface area contributed by atoms with Gasteiger partial charge in [-0.3, -0.25) is 0 Å². The lowest BCUT2D eigenvalue weighted by Crippen LogP contribution is -2.06. The quantitative estimate of drug-likeness (QED) is 0.630. The number of ether oxygens (including phenoxy) is 1. The second-order valence-corrected chi connectivity index (χ2v) is 6.06.